The average molecular weight is 655 g/mol. The number of terminal acetylenes is 2. The van der Waals surface area contributed by atoms with Crippen LogP contribution >= 0.6 is 0 Å². The first-order valence-corrected chi connectivity index (χ1v) is 19.1. The molecule has 0 aliphatic heterocycles. The van der Waals surface area contributed by atoms with Crippen LogP contribution in [0.15, 0.2) is 24.8 Å². The van der Waals surface area contributed by atoms with Crippen LogP contribution in [0.3, 0.4) is 0 Å². The van der Waals surface area contributed by atoms with Gasteiger partial charge in [0.2, 0.25) is 0 Å². The van der Waals surface area contributed by atoms with Gasteiger partial charge in [-0.05, 0) is 155 Å². The average Bonchev–Trinajstić information content (AvgIpc) is 3.40. The van der Waals surface area contributed by atoms with Crippen molar-refractivity contribution in [3.05, 3.63) is 24.8 Å². The lowest BCUT2D eigenvalue weighted by molar-refractivity contribution is -0.0792. The Bertz CT molecular complexity index is 909. The van der Waals surface area contributed by atoms with Crippen molar-refractivity contribution in [1.29, 1.82) is 0 Å². The van der Waals surface area contributed by atoms with Crippen LogP contribution in [-0.4, -0.2) is 34.1 Å². The smallest absolute Gasteiger partial charge is 0.0591 e. The molecule has 11 atom stereocenters. The fourth-order valence-corrected chi connectivity index (χ4v) is 11.2. The summed E-state index contributed by atoms with van der Waals surface area (Å²) in [5, 5.41) is 27.5. The van der Waals surface area contributed by atoms with Gasteiger partial charge in [-0.25, -0.2) is 0 Å². The number of hydrogen-bond acceptors (Lipinski definition) is 3. The molecule has 5 rings (SSSR count). The molecule has 0 bridgehead atoms. The van der Waals surface area contributed by atoms with Gasteiger partial charge in [0.1, 0.15) is 0 Å². The molecule has 0 aromatic carbocycles. The maximum Gasteiger partial charge on any atom is 0.0591 e. The standard InChI is InChI=1S/C35H60O2.C2H6.C2H4.2C2H2.CH4O/c1-23-19-25(22-28(36)20-23)21-26-10-13-30-29(24(26)2)12-15-32-31-14-11-27(9-7-8-16-33(3,4)37)34(31,5)17-18-35(30,32)6;5*1-2/h12,23-28,30-32,36-37H,7-11,13-22H2,1-6H3;1-2H3;1-2H2;2*1-2H;2H,1H3. The number of fused-ring (bicyclic) bond motifs is 5. The third-order valence-electron chi connectivity index (χ3n) is 13.2. The van der Waals surface area contributed by atoms with Crippen molar-refractivity contribution in [2.24, 2.45) is 58.2 Å². The van der Waals surface area contributed by atoms with E-state index in [1.54, 1.807) is 0 Å². The summed E-state index contributed by atoms with van der Waals surface area (Å²) in [4.78, 5) is 0. The minimum absolute atomic E-state index is 0.0535. The van der Waals surface area contributed by atoms with Crippen molar-refractivity contribution in [3.63, 3.8) is 0 Å². The minimum atomic E-state index is -0.507. The van der Waals surface area contributed by atoms with E-state index < -0.39 is 5.60 Å². The summed E-state index contributed by atoms with van der Waals surface area (Å²) in [6, 6.07) is 0. The van der Waals surface area contributed by atoms with Gasteiger partial charge >= 0.3 is 0 Å². The van der Waals surface area contributed by atoms with Crippen molar-refractivity contribution in [3.8, 4) is 25.7 Å². The molecule has 0 radical (unpaired) electrons. The zero-order chi connectivity index (χ0) is 36.6. The van der Waals surface area contributed by atoms with Gasteiger partial charge < -0.3 is 15.3 Å². The second-order valence-corrected chi connectivity index (χ2v) is 16.2. The van der Waals surface area contributed by atoms with Crippen molar-refractivity contribution < 1.29 is 15.3 Å². The quantitative estimate of drug-likeness (QED) is 0.145. The van der Waals surface area contributed by atoms with Gasteiger partial charge in [-0.15, -0.1) is 38.9 Å². The third kappa shape index (κ3) is 11.2. The summed E-state index contributed by atoms with van der Waals surface area (Å²) >= 11 is 0. The first-order valence-electron chi connectivity index (χ1n) is 19.1. The number of aliphatic hydroxyl groups excluding tert-OH is 2. The Balaban J connectivity index is 0.00000194. The molecule has 0 heterocycles. The molecule has 11 unspecified atom stereocenters. The summed E-state index contributed by atoms with van der Waals surface area (Å²) in [6.07, 6.45) is 38.2. The number of allylic oxidation sites excluding steroid dienone is 2. The van der Waals surface area contributed by atoms with Gasteiger partial charge in [0.05, 0.1) is 11.7 Å². The highest BCUT2D eigenvalue weighted by Crippen LogP contribution is 2.69. The Morgan fingerprint density at radius 3 is 2.02 bits per heavy atom. The van der Waals surface area contributed by atoms with Crippen LogP contribution in [0.25, 0.3) is 0 Å². The first kappa shape index (κ1) is 45.5. The maximum atomic E-state index is 10.4. The third-order valence-corrected chi connectivity index (χ3v) is 13.2. The number of rotatable bonds is 7. The van der Waals surface area contributed by atoms with Gasteiger partial charge in [-0.2, -0.15) is 0 Å². The second-order valence-electron chi connectivity index (χ2n) is 16.2. The van der Waals surface area contributed by atoms with E-state index in [0.29, 0.717) is 16.7 Å². The van der Waals surface area contributed by atoms with Crippen LogP contribution in [0.2, 0.25) is 0 Å². The normalized spacial score (nSPS) is 38.3. The van der Waals surface area contributed by atoms with Crippen LogP contribution in [0.1, 0.15) is 152 Å². The first-order chi connectivity index (χ1) is 22.4. The monoisotopic (exact) mass is 655 g/mol. The summed E-state index contributed by atoms with van der Waals surface area (Å²) in [6.45, 7) is 24.2. The number of hydrogen-bond donors (Lipinski definition) is 3. The molecule has 5 aliphatic carbocycles. The molecule has 272 valence electrons. The lowest BCUT2D eigenvalue weighted by Crippen LogP contribution is -2.52. The van der Waals surface area contributed by atoms with Crippen molar-refractivity contribution in [1.82, 2.24) is 0 Å². The van der Waals surface area contributed by atoms with Crippen LogP contribution in [-0.2, 0) is 0 Å². The summed E-state index contributed by atoms with van der Waals surface area (Å²) < 4.78 is 0. The summed E-state index contributed by atoms with van der Waals surface area (Å²) in [7, 11) is 1.00. The fourth-order valence-electron chi connectivity index (χ4n) is 11.2. The molecule has 3 nitrogen and oxygen atoms in total. The van der Waals surface area contributed by atoms with Crippen LogP contribution in [0.5, 0.6) is 0 Å². The molecular weight excluding hydrogens is 576 g/mol. The highest BCUT2D eigenvalue weighted by Gasteiger charge is 2.60. The lowest BCUT2D eigenvalue weighted by Gasteiger charge is -2.61. The Kier molecular flexibility index (Phi) is 20.8. The number of aliphatic hydroxyl groups is 3. The zero-order valence-corrected chi connectivity index (χ0v) is 32.4. The molecule has 47 heavy (non-hydrogen) atoms. The van der Waals surface area contributed by atoms with Gasteiger partial charge in [0.25, 0.3) is 0 Å². The van der Waals surface area contributed by atoms with E-state index in [0.717, 1.165) is 67.8 Å². The van der Waals surface area contributed by atoms with E-state index in [1.165, 1.54) is 77.0 Å². The van der Waals surface area contributed by atoms with Crippen molar-refractivity contribution in [2.45, 2.75) is 163 Å². The van der Waals surface area contributed by atoms with E-state index in [-0.39, 0.29) is 6.10 Å². The zero-order valence-electron chi connectivity index (χ0n) is 32.4. The van der Waals surface area contributed by atoms with Gasteiger partial charge in [0.15, 0.2) is 0 Å². The molecule has 3 N–H and O–H groups in total. The minimum Gasteiger partial charge on any atom is -0.400 e. The molecule has 0 amide bonds. The van der Waals surface area contributed by atoms with Crippen LogP contribution in [0.4, 0.5) is 0 Å². The van der Waals surface area contributed by atoms with E-state index in [9.17, 15) is 10.2 Å². The van der Waals surface area contributed by atoms with E-state index in [1.807, 2.05) is 33.3 Å². The topological polar surface area (TPSA) is 60.7 Å². The number of unbranched alkanes of at least 4 members (excludes halogenated alkanes) is 1. The molecule has 4 fully saturated rings. The van der Waals surface area contributed by atoms with E-state index >= 15 is 0 Å². The molecule has 0 aromatic heterocycles. The lowest BCUT2D eigenvalue weighted by atomic mass is 9.44. The second kappa shape index (κ2) is 21.5. The predicted molar refractivity (Wildman–Crippen MR) is 206 cm³/mol. The Hall–Kier alpha value is -1.52. The van der Waals surface area contributed by atoms with Gasteiger partial charge in [-0.3, -0.25) is 0 Å². The van der Waals surface area contributed by atoms with Crippen molar-refractivity contribution >= 4 is 0 Å². The molecular formula is C44H78O3. The van der Waals surface area contributed by atoms with E-state index in [4.69, 9.17) is 5.11 Å². The molecule has 3 heteroatoms. The fraction of sp³-hybridized carbons (Fsp3) is 0.818. The Morgan fingerprint density at radius 1 is 0.851 bits per heavy atom. The van der Waals surface area contributed by atoms with Crippen molar-refractivity contribution in [2.75, 3.05) is 7.11 Å². The highest BCUT2D eigenvalue weighted by atomic mass is 16.3. The van der Waals surface area contributed by atoms with E-state index in [2.05, 4.69) is 72.6 Å². The SMILES string of the molecule is C#C.C#C.C=C.CC.CC1CC(O)CC(CC2CCC3C(=CCC4C5CCC(CCCCC(C)(C)O)C5(C)CCC34C)C2C)C1.CO. The van der Waals surface area contributed by atoms with Gasteiger partial charge in [-0.1, -0.05) is 66.0 Å². The summed E-state index contributed by atoms with van der Waals surface area (Å²) in [5.74, 6) is 6.54. The van der Waals surface area contributed by atoms with Crippen LogP contribution in [0, 0.1) is 83.9 Å². The Morgan fingerprint density at radius 2 is 1.45 bits per heavy atom. The molecule has 4 saturated carbocycles. The largest absolute Gasteiger partial charge is 0.400 e. The van der Waals surface area contributed by atoms with Crippen LogP contribution < -0.4 is 0 Å². The Labute approximate surface area is 293 Å². The van der Waals surface area contributed by atoms with Gasteiger partial charge in [0, 0.05) is 7.11 Å². The molecule has 0 aromatic rings. The highest BCUT2D eigenvalue weighted by molar-refractivity contribution is 5.25. The molecule has 0 spiro atoms. The molecule has 0 saturated heterocycles. The predicted octanol–water partition coefficient (Wildman–Crippen LogP) is 10.9. The maximum absolute atomic E-state index is 10.4. The summed E-state index contributed by atoms with van der Waals surface area (Å²) in [5.41, 5.74) is 2.40. The molecule has 5 aliphatic rings.